The molecule has 0 amide bonds. The molecule has 0 aromatic heterocycles. The first kappa shape index (κ1) is 21.5. The van der Waals surface area contributed by atoms with Gasteiger partial charge in [0.05, 0.1) is 0 Å². The number of allylic oxidation sites excluding steroid dienone is 2. The molecule has 0 spiro atoms. The van der Waals surface area contributed by atoms with Crippen molar-refractivity contribution in [2.24, 2.45) is 23.7 Å². The molecule has 28 heavy (non-hydrogen) atoms. The summed E-state index contributed by atoms with van der Waals surface area (Å²) in [6.45, 7) is 2.19. The van der Waals surface area contributed by atoms with Gasteiger partial charge >= 0.3 is 0 Å². The van der Waals surface area contributed by atoms with Crippen molar-refractivity contribution in [3.63, 3.8) is 0 Å². The van der Waals surface area contributed by atoms with Crippen molar-refractivity contribution in [1.29, 1.82) is 0 Å². The minimum absolute atomic E-state index is 0.578. The van der Waals surface area contributed by atoms with E-state index < -0.39 is 17.5 Å². The van der Waals surface area contributed by atoms with Crippen LogP contribution in [0.1, 0.15) is 83.1 Å². The van der Waals surface area contributed by atoms with Gasteiger partial charge < -0.3 is 0 Å². The summed E-state index contributed by atoms with van der Waals surface area (Å²) < 4.78 is 39.8. The summed E-state index contributed by atoms with van der Waals surface area (Å²) in [7, 11) is 0. The third-order valence-electron chi connectivity index (χ3n) is 7.21. The number of aryl methyl sites for hydroxylation is 1. The van der Waals surface area contributed by atoms with Crippen LogP contribution in [0.3, 0.4) is 0 Å². The van der Waals surface area contributed by atoms with Crippen LogP contribution in [0.5, 0.6) is 0 Å². The molecular formula is C25H35F3. The summed E-state index contributed by atoms with van der Waals surface area (Å²) >= 11 is 0. The van der Waals surface area contributed by atoms with Crippen LogP contribution in [0.15, 0.2) is 24.3 Å². The van der Waals surface area contributed by atoms with Crippen molar-refractivity contribution in [2.45, 2.75) is 84.0 Å². The molecule has 3 heteroatoms. The Morgan fingerprint density at radius 2 is 1.32 bits per heavy atom. The molecule has 2 aliphatic carbocycles. The van der Waals surface area contributed by atoms with Gasteiger partial charge in [-0.15, -0.1) is 0 Å². The highest BCUT2D eigenvalue weighted by Crippen LogP contribution is 2.42. The molecule has 1 aromatic rings. The van der Waals surface area contributed by atoms with Gasteiger partial charge in [-0.05, 0) is 106 Å². The molecule has 3 rings (SSSR count). The van der Waals surface area contributed by atoms with Gasteiger partial charge in [-0.25, -0.2) is 13.2 Å². The molecule has 0 atom stereocenters. The van der Waals surface area contributed by atoms with Crippen molar-refractivity contribution in [3.05, 3.63) is 47.3 Å². The first-order valence-electron chi connectivity index (χ1n) is 11.3. The highest BCUT2D eigenvalue weighted by atomic mass is 19.2. The van der Waals surface area contributed by atoms with E-state index in [-0.39, 0.29) is 0 Å². The topological polar surface area (TPSA) is 0 Å². The van der Waals surface area contributed by atoms with E-state index in [0.717, 1.165) is 42.7 Å². The summed E-state index contributed by atoms with van der Waals surface area (Å²) in [5, 5.41) is 0. The van der Waals surface area contributed by atoms with Gasteiger partial charge in [-0.3, -0.25) is 0 Å². The van der Waals surface area contributed by atoms with Crippen LogP contribution in [0.4, 0.5) is 13.2 Å². The summed E-state index contributed by atoms with van der Waals surface area (Å²) in [5.74, 6) is -0.175. The fourth-order valence-corrected chi connectivity index (χ4v) is 5.42. The third-order valence-corrected chi connectivity index (χ3v) is 7.21. The van der Waals surface area contributed by atoms with E-state index in [1.807, 2.05) is 0 Å². The van der Waals surface area contributed by atoms with E-state index in [0.29, 0.717) is 17.9 Å². The van der Waals surface area contributed by atoms with Crippen molar-refractivity contribution in [2.75, 3.05) is 0 Å². The smallest absolute Gasteiger partial charge is 0.194 e. The monoisotopic (exact) mass is 392 g/mol. The van der Waals surface area contributed by atoms with Gasteiger partial charge in [-0.2, -0.15) is 0 Å². The van der Waals surface area contributed by atoms with E-state index >= 15 is 0 Å². The molecule has 0 saturated heterocycles. The first-order valence-corrected chi connectivity index (χ1v) is 11.3. The zero-order chi connectivity index (χ0) is 19.9. The molecule has 2 saturated carbocycles. The van der Waals surface area contributed by atoms with Gasteiger partial charge in [0, 0.05) is 0 Å². The van der Waals surface area contributed by atoms with E-state index in [2.05, 4.69) is 19.1 Å². The lowest BCUT2D eigenvalue weighted by Crippen LogP contribution is -2.26. The summed E-state index contributed by atoms with van der Waals surface area (Å²) in [5.41, 5.74) is 0.578. The van der Waals surface area contributed by atoms with Gasteiger partial charge in [0.1, 0.15) is 0 Å². The van der Waals surface area contributed by atoms with Crippen molar-refractivity contribution in [1.82, 2.24) is 0 Å². The number of hydrogen-bond donors (Lipinski definition) is 0. The minimum Gasteiger partial charge on any atom is -0.204 e. The summed E-state index contributed by atoms with van der Waals surface area (Å²) in [4.78, 5) is 0. The molecule has 2 fully saturated rings. The fraction of sp³-hybridized carbons (Fsp3) is 0.680. The lowest BCUT2D eigenvalue weighted by molar-refractivity contribution is 0.144. The second kappa shape index (κ2) is 10.5. The van der Waals surface area contributed by atoms with Crippen LogP contribution in [-0.4, -0.2) is 0 Å². The highest BCUT2D eigenvalue weighted by molar-refractivity contribution is 5.19. The maximum absolute atomic E-state index is 13.4. The Bertz CT molecular complexity index is 612. The Balaban J connectivity index is 1.37. The second-order valence-electron chi connectivity index (χ2n) is 9.09. The first-order chi connectivity index (χ1) is 13.6. The molecule has 0 unspecified atom stereocenters. The second-order valence-corrected chi connectivity index (χ2v) is 9.09. The predicted octanol–water partition coefficient (Wildman–Crippen LogP) is 8.01. The van der Waals surface area contributed by atoms with Crippen molar-refractivity contribution in [3.8, 4) is 0 Å². The molecule has 0 nitrogen and oxygen atoms in total. The fourth-order valence-electron chi connectivity index (χ4n) is 5.42. The molecular weight excluding hydrogens is 357 g/mol. The Hall–Kier alpha value is -1.25. The van der Waals surface area contributed by atoms with Gasteiger partial charge in [-0.1, -0.05) is 31.9 Å². The Kier molecular flexibility index (Phi) is 8.05. The maximum Gasteiger partial charge on any atom is 0.194 e. The Morgan fingerprint density at radius 3 is 1.86 bits per heavy atom. The predicted molar refractivity (Wildman–Crippen MR) is 110 cm³/mol. The maximum atomic E-state index is 13.4. The van der Waals surface area contributed by atoms with Crippen molar-refractivity contribution >= 4 is 0 Å². The Labute approximate surface area is 168 Å². The normalized spacial score (nSPS) is 28.7. The molecule has 156 valence electrons. The van der Waals surface area contributed by atoms with Gasteiger partial charge in [0.25, 0.3) is 0 Å². The molecule has 1 aromatic carbocycles. The molecule has 0 radical (unpaired) electrons. The standard InChI is InChI=1S/C25H35F3/c1-2-3-4-5-18-8-12-21(13-9-18)22-14-10-19(11-15-22)6-7-20-16-23(26)25(28)24(27)17-20/h3-4,16-19,21-22H,2,5-15H2,1H3/b4-3+/t18-,19-,21-,22-. The SMILES string of the molecule is CC/C=C/C[C@H]1CC[C@H]([C@H]2CC[C@H](CCc3cc(F)c(F)c(F)c3)CC2)CC1. The third kappa shape index (κ3) is 5.87. The number of benzene rings is 1. The van der Waals surface area contributed by atoms with Crippen LogP contribution < -0.4 is 0 Å². The van der Waals surface area contributed by atoms with E-state index in [1.54, 1.807) is 0 Å². The zero-order valence-electron chi connectivity index (χ0n) is 17.2. The number of hydrogen-bond acceptors (Lipinski definition) is 0. The summed E-state index contributed by atoms with van der Waals surface area (Å²) in [6, 6.07) is 2.30. The van der Waals surface area contributed by atoms with Gasteiger partial charge in [0.2, 0.25) is 0 Å². The quantitative estimate of drug-likeness (QED) is 0.326. The van der Waals surface area contributed by atoms with Crippen LogP contribution in [0.2, 0.25) is 0 Å². The van der Waals surface area contributed by atoms with Gasteiger partial charge in [0.15, 0.2) is 17.5 Å². The number of rotatable bonds is 7. The van der Waals surface area contributed by atoms with E-state index in [4.69, 9.17) is 0 Å². The lowest BCUT2D eigenvalue weighted by Gasteiger charge is -2.37. The van der Waals surface area contributed by atoms with Crippen LogP contribution in [0, 0.1) is 41.1 Å². The van der Waals surface area contributed by atoms with Crippen LogP contribution in [0.25, 0.3) is 0 Å². The molecule has 0 N–H and O–H groups in total. The summed E-state index contributed by atoms with van der Waals surface area (Å²) in [6.07, 6.45) is 19.3. The zero-order valence-corrected chi connectivity index (χ0v) is 17.2. The Morgan fingerprint density at radius 1 is 0.786 bits per heavy atom. The van der Waals surface area contributed by atoms with E-state index in [1.165, 1.54) is 57.8 Å². The van der Waals surface area contributed by atoms with Crippen molar-refractivity contribution < 1.29 is 13.2 Å². The largest absolute Gasteiger partial charge is 0.204 e. The number of halogens is 3. The average Bonchev–Trinajstić information content (AvgIpc) is 2.71. The minimum atomic E-state index is -1.36. The highest BCUT2D eigenvalue weighted by Gasteiger charge is 2.30. The van der Waals surface area contributed by atoms with E-state index in [9.17, 15) is 13.2 Å². The van der Waals surface area contributed by atoms with Crippen LogP contribution in [-0.2, 0) is 6.42 Å². The van der Waals surface area contributed by atoms with Crippen LogP contribution >= 0.6 is 0 Å². The molecule has 0 bridgehead atoms. The molecule has 0 aliphatic heterocycles. The average molecular weight is 393 g/mol. The lowest BCUT2D eigenvalue weighted by atomic mass is 9.68. The molecule has 0 heterocycles. The molecule has 2 aliphatic rings.